The summed E-state index contributed by atoms with van der Waals surface area (Å²) in [5.74, 6) is 0.829. The van der Waals surface area contributed by atoms with E-state index in [0.29, 0.717) is 32.7 Å². The van der Waals surface area contributed by atoms with Crippen LogP contribution in [0.1, 0.15) is 24.5 Å². The van der Waals surface area contributed by atoms with Crippen molar-refractivity contribution in [3.8, 4) is 5.75 Å². The lowest BCUT2D eigenvalue weighted by Crippen LogP contribution is -2.47. The number of carbonyl (C=O) groups is 1. The predicted octanol–water partition coefficient (Wildman–Crippen LogP) is 2.32. The molecule has 0 saturated carbocycles. The maximum absolute atomic E-state index is 12.4. The van der Waals surface area contributed by atoms with E-state index in [2.05, 4.69) is 6.92 Å². The zero-order valence-electron chi connectivity index (χ0n) is 12.5. The first-order chi connectivity index (χ1) is 9.61. The average Bonchev–Trinajstić information content (AvgIpc) is 2.48. The molecule has 1 atom stereocenters. The molecule has 1 amide bonds. The smallest absolute Gasteiger partial charge is 0.263 e. The van der Waals surface area contributed by atoms with Crippen LogP contribution in [0.5, 0.6) is 5.75 Å². The zero-order valence-corrected chi connectivity index (χ0v) is 12.5. The SMILES string of the molecule is CC[C@@H](Oc1ccc(C)c(C)c1)C(=O)N1CCOCC1. The van der Waals surface area contributed by atoms with Crippen molar-refractivity contribution < 1.29 is 14.3 Å². The Bertz CT molecular complexity index is 467. The third-order valence-electron chi connectivity index (χ3n) is 3.73. The van der Waals surface area contributed by atoms with E-state index >= 15 is 0 Å². The van der Waals surface area contributed by atoms with E-state index in [4.69, 9.17) is 9.47 Å². The first-order valence-corrected chi connectivity index (χ1v) is 7.22. The summed E-state index contributed by atoms with van der Waals surface area (Å²) < 4.78 is 11.2. The van der Waals surface area contributed by atoms with Crippen LogP contribution in [0.2, 0.25) is 0 Å². The van der Waals surface area contributed by atoms with Gasteiger partial charge in [-0.1, -0.05) is 13.0 Å². The molecule has 1 saturated heterocycles. The van der Waals surface area contributed by atoms with E-state index in [1.54, 1.807) is 0 Å². The van der Waals surface area contributed by atoms with Crippen molar-refractivity contribution in [2.45, 2.75) is 33.3 Å². The summed E-state index contributed by atoms with van der Waals surface area (Å²) in [6.45, 7) is 8.64. The van der Waals surface area contributed by atoms with Gasteiger partial charge >= 0.3 is 0 Å². The van der Waals surface area contributed by atoms with Gasteiger partial charge in [0.15, 0.2) is 6.10 Å². The number of rotatable bonds is 4. The summed E-state index contributed by atoms with van der Waals surface area (Å²) in [6, 6.07) is 5.94. The van der Waals surface area contributed by atoms with Crippen molar-refractivity contribution in [3.63, 3.8) is 0 Å². The lowest BCUT2D eigenvalue weighted by atomic mass is 10.1. The number of aryl methyl sites for hydroxylation is 2. The minimum absolute atomic E-state index is 0.0639. The van der Waals surface area contributed by atoms with Gasteiger partial charge in [0, 0.05) is 13.1 Å². The van der Waals surface area contributed by atoms with Gasteiger partial charge in [-0.25, -0.2) is 0 Å². The van der Waals surface area contributed by atoms with Crippen molar-refractivity contribution in [3.05, 3.63) is 29.3 Å². The number of nitrogens with zero attached hydrogens (tertiary/aromatic N) is 1. The Morgan fingerprint density at radius 3 is 2.60 bits per heavy atom. The topological polar surface area (TPSA) is 38.8 Å². The highest BCUT2D eigenvalue weighted by molar-refractivity contribution is 5.81. The van der Waals surface area contributed by atoms with Crippen LogP contribution < -0.4 is 4.74 Å². The fourth-order valence-corrected chi connectivity index (χ4v) is 2.25. The van der Waals surface area contributed by atoms with Crippen LogP contribution in [-0.2, 0) is 9.53 Å². The Morgan fingerprint density at radius 1 is 1.30 bits per heavy atom. The van der Waals surface area contributed by atoms with Crippen LogP contribution in [0.15, 0.2) is 18.2 Å². The molecule has 0 N–H and O–H groups in total. The third-order valence-corrected chi connectivity index (χ3v) is 3.73. The molecule has 1 aromatic carbocycles. The Labute approximate surface area is 120 Å². The molecule has 20 heavy (non-hydrogen) atoms. The van der Waals surface area contributed by atoms with Gasteiger partial charge in [-0.15, -0.1) is 0 Å². The van der Waals surface area contributed by atoms with Gasteiger partial charge in [-0.3, -0.25) is 4.79 Å². The quantitative estimate of drug-likeness (QED) is 0.848. The molecule has 1 aliphatic heterocycles. The maximum atomic E-state index is 12.4. The average molecular weight is 277 g/mol. The molecule has 1 heterocycles. The number of benzene rings is 1. The van der Waals surface area contributed by atoms with Gasteiger partial charge in [0.2, 0.25) is 0 Å². The van der Waals surface area contributed by atoms with Gasteiger partial charge in [0.05, 0.1) is 13.2 Å². The summed E-state index contributed by atoms with van der Waals surface area (Å²) in [5.41, 5.74) is 2.40. The van der Waals surface area contributed by atoms with E-state index in [1.807, 2.05) is 36.9 Å². The number of amides is 1. The number of hydrogen-bond acceptors (Lipinski definition) is 3. The van der Waals surface area contributed by atoms with Crippen LogP contribution in [0.4, 0.5) is 0 Å². The summed E-state index contributed by atoms with van der Waals surface area (Å²) in [7, 11) is 0. The van der Waals surface area contributed by atoms with Crippen LogP contribution in [0.3, 0.4) is 0 Å². The summed E-state index contributed by atoms with van der Waals surface area (Å²) >= 11 is 0. The highest BCUT2D eigenvalue weighted by Gasteiger charge is 2.26. The number of hydrogen-bond donors (Lipinski definition) is 0. The van der Waals surface area contributed by atoms with Crippen molar-refractivity contribution in [1.82, 2.24) is 4.90 Å². The largest absolute Gasteiger partial charge is 0.481 e. The minimum Gasteiger partial charge on any atom is -0.481 e. The minimum atomic E-state index is -0.407. The molecule has 4 heteroatoms. The number of morpholine rings is 1. The van der Waals surface area contributed by atoms with Gasteiger partial charge in [0.1, 0.15) is 5.75 Å². The third kappa shape index (κ3) is 3.51. The predicted molar refractivity (Wildman–Crippen MR) is 78.0 cm³/mol. The van der Waals surface area contributed by atoms with Crippen molar-refractivity contribution in [2.75, 3.05) is 26.3 Å². The van der Waals surface area contributed by atoms with Gasteiger partial charge in [-0.2, -0.15) is 0 Å². The Hall–Kier alpha value is -1.55. The Kier molecular flexibility index (Phi) is 5.01. The second-order valence-corrected chi connectivity index (χ2v) is 5.20. The zero-order chi connectivity index (χ0) is 14.5. The molecule has 4 nitrogen and oxygen atoms in total. The van der Waals surface area contributed by atoms with Crippen molar-refractivity contribution >= 4 is 5.91 Å². The van der Waals surface area contributed by atoms with Crippen LogP contribution >= 0.6 is 0 Å². The molecule has 0 unspecified atom stereocenters. The molecule has 1 aromatic rings. The van der Waals surface area contributed by atoms with Crippen molar-refractivity contribution in [2.24, 2.45) is 0 Å². The molecule has 1 aliphatic rings. The standard InChI is InChI=1S/C16H23NO3/c1-4-15(16(18)17-7-9-19-10-8-17)20-14-6-5-12(2)13(3)11-14/h5-6,11,15H,4,7-10H2,1-3H3/t15-/m1/s1. The van der Waals surface area contributed by atoms with E-state index in [9.17, 15) is 4.79 Å². The second kappa shape index (κ2) is 6.75. The normalized spacial score (nSPS) is 16.9. The molecule has 0 radical (unpaired) electrons. The summed E-state index contributed by atoms with van der Waals surface area (Å²) in [6.07, 6.45) is 0.263. The molecule has 110 valence electrons. The molecule has 0 spiro atoms. The number of carbonyl (C=O) groups excluding carboxylic acids is 1. The van der Waals surface area contributed by atoms with E-state index < -0.39 is 6.10 Å². The van der Waals surface area contributed by atoms with Crippen LogP contribution in [0, 0.1) is 13.8 Å². The second-order valence-electron chi connectivity index (χ2n) is 5.20. The Morgan fingerprint density at radius 2 is 2.00 bits per heavy atom. The fourth-order valence-electron chi connectivity index (χ4n) is 2.25. The molecule has 0 aliphatic carbocycles. The highest BCUT2D eigenvalue weighted by Crippen LogP contribution is 2.19. The Balaban J connectivity index is 2.03. The maximum Gasteiger partial charge on any atom is 0.263 e. The fraction of sp³-hybridized carbons (Fsp3) is 0.562. The lowest BCUT2D eigenvalue weighted by Gasteiger charge is -2.30. The van der Waals surface area contributed by atoms with E-state index in [1.165, 1.54) is 11.1 Å². The summed E-state index contributed by atoms with van der Waals surface area (Å²) in [5, 5.41) is 0. The number of ether oxygens (including phenoxy) is 2. The lowest BCUT2D eigenvalue weighted by molar-refractivity contribution is -0.142. The molecular weight excluding hydrogens is 254 g/mol. The molecule has 0 aromatic heterocycles. The summed E-state index contributed by atoms with van der Waals surface area (Å²) in [4.78, 5) is 14.3. The first kappa shape index (κ1) is 14.9. The van der Waals surface area contributed by atoms with Crippen LogP contribution in [0.25, 0.3) is 0 Å². The molecular formula is C16H23NO3. The molecule has 0 bridgehead atoms. The van der Waals surface area contributed by atoms with Crippen molar-refractivity contribution in [1.29, 1.82) is 0 Å². The monoisotopic (exact) mass is 277 g/mol. The molecule has 2 rings (SSSR count). The van der Waals surface area contributed by atoms with Gasteiger partial charge < -0.3 is 14.4 Å². The van der Waals surface area contributed by atoms with E-state index in [0.717, 1.165) is 5.75 Å². The van der Waals surface area contributed by atoms with E-state index in [-0.39, 0.29) is 5.91 Å². The first-order valence-electron chi connectivity index (χ1n) is 7.22. The van der Waals surface area contributed by atoms with Crippen LogP contribution in [-0.4, -0.2) is 43.2 Å². The van der Waals surface area contributed by atoms with Gasteiger partial charge in [0.25, 0.3) is 5.91 Å². The molecule has 1 fully saturated rings. The highest BCUT2D eigenvalue weighted by atomic mass is 16.5. The van der Waals surface area contributed by atoms with Gasteiger partial charge in [-0.05, 0) is 43.5 Å².